The molecule has 0 bridgehead atoms. The van der Waals surface area contributed by atoms with Gasteiger partial charge in [-0.25, -0.2) is 0 Å². The van der Waals surface area contributed by atoms with E-state index in [0.717, 1.165) is 0 Å². The Hall–Kier alpha value is 0.0300. The van der Waals surface area contributed by atoms with E-state index >= 15 is 0 Å². The number of hydrogen-bond acceptors (Lipinski definition) is 9. The highest BCUT2D eigenvalue weighted by atomic mass is 32.1. The molecule has 120 valence electrons. The van der Waals surface area contributed by atoms with E-state index in [2.05, 4.69) is 12.6 Å². The molecule has 20 heavy (non-hydrogen) atoms. The molecule has 0 aliphatic carbocycles. The first-order valence-electron chi connectivity index (χ1n) is 6.33. The normalized spacial score (nSPS) is 39.3. The van der Waals surface area contributed by atoms with Crippen LogP contribution in [-0.2, 0) is 9.47 Å². The number of ether oxygens (including phenoxy) is 2. The van der Waals surface area contributed by atoms with E-state index in [-0.39, 0.29) is 12.4 Å². The van der Waals surface area contributed by atoms with Gasteiger partial charge in [-0.15, -0.1) is 0 Å². The first kappa shape index (κ1) is 18.1. The zero-order valence-electron chi connectivity index (χ0n) is 11.1. The highest BCUT2D eigenvalue weighted by molar-refractivity contribution is 7.80. The van der Waals surface area contributed by atoms with Crippen molar-refractivity contribution in [2.24, 2.45) is 5.73 Å². The van der Waals surface area contributed by atoms with Crippen molar-refractivity contribution in [1.29, 1.82) is 0 Å². The number of aliphatic hydroxyl groups is 5. The third-order valence-electron chi connectivity index (χ3n) is 3.23. The van der Waals surface area contributed by atoms with Gasteiger partial charge in [0.15, 0.2) is 6.29 Å². The van der Waals surface area contributed by atoms with Crippen LogP contribution in [0, 0.1) is 0 Å². The molecule has 1 rings (SSSR count). The van der Waals surface area contributed by atoms with Gasteiger partial charge in [-0.3, -0.25) is 0 Å². The van der Waals surface area contributed by atoms with Crippen molar-refractivity contribution in [3.05, 3.63) is 0 Å². The second-order valence-electron chi connectivity index (χ2n) is 4.93. The SMILES string of the molecule is CC(O)C(O)C(N)COC1OC(CS)C(O)C(O)C1O. The third kappa shape index (κ3) is 4.26. The second-order valence-corrected chi connectivity index (χ2v) is 5.29. The standard InChI is InChI=1S/C11H23NO7S/c1-4(13)7(14)5(12)2-18-11-10(17)9(16)8(15)6(3-20)19-11/h4-11,13-17,20H,2-3,12H2,1H3. The Morgan fingerprint density at radius 2 is 1.80 bits per heavy atom. The fraction of sp³-hybridized carbons (Fsp3) is 1.00. The Bertz CT molecular complexity index is 294. The predicted molar refractivity (Wildman–Crippen MR) is 72.1 cm³/mol. The van der Waals surface area contributed by atoms with E-state index in [0.29, 0.717) is 0 Å². The molecular formula is C11H23NO7S. The number of aliphatic hydroxyl groups excluding tert-OH is 5. The number of rotatable bonds is 6. The van der Waals surface area contributed by atoms with Crippen LogP contribution in [0.25, 0.3) is 0 Å². The lowest BCUT2D eigenvalue weighted by molar-refractivity contribution is -0.293. The lowest BCUT2D eigenvalue weighted by atomic mass is 10.00. The molecule has 0 aromatic rings. The third-order valence-corrected chi connectivity index (χ3v) is 3.59. The highest BCUT2D eigenvalue weighted by Gasteiger charge is 2.43. The van der Waals surface area contributed by atoms with Crippen molar-refractivity contribution in [3.8, 4) is 0 Å². The smallest absolute Gasteiger partial charge is 0.186 e. The Balaban J connectivity index is 2.54. The highest BCUT2D eigenvalue weighted by Crippen LogP contribution is 2.23. The molecule has 0 amide bonds. The minimum absolute atomic E-state index is 0.132. The van der Waals surface area contributed by atoms with Gasteiger partial charge in [-0.05, 0) is 6.92 Å². The number of hydrogen-bond donors (Lipinski definition) is 7. The van der Waals surface area contributed by atoms with Crippen LogP contribution in [0.1, 0.15) is 6.92 Å². The first-order valence-corrected chi connectivity index (χ1v) is 6.96. The lowest BCUT2D eigenvalue weighted by Gasteiger charge is -2.40. The average Bonchev–Trinajstić information content (AvgIpc) is 2.42. The maximum absolute atomic E-state index is 9.74. The predicted octanol–water partition coefficient (Wildman–Crippen LogP) is -3.19. The Morgan fingerprint density at radius 3 is 2.30 bits per heavy atom. The molecule has 1 aliphatic heterocycles. The summed E-state index contributed by atoms with van der Waals surface area (Å²) in [4.78, 5) is 0. The largest absolute Gasteiger partial charge is 0.391 e. The second kappa shape index (κ2) is 7.87. The van der Waals surface area contributed by atoms with Crippen LogP contribution in [0.5, 0.6) is 0 Å². The van der Waals surface area contributed by atoms with Gasteiger partial charge in [0.2, 0.25) is 0 Å². The summed E-state index contributed by atoms with van der Waals surface area (Å²) >= 11 is 3.97. The van der Waals surface area contributed by atoms with Gasteiger partial charge in [0.1, 0.15) is 18.3 Å². The number of nitrogens with two attached hydrogens (primary N) is 1. The van der Waals surface area contributed by atoms with E-state index in [1.807, 2.05) is 0 Å². The van der Waals surface area contributed by atoms with Crippen molar-refractivity contribution in [3.63, 3.8) is 0 Å². The van der Waals surface area contributed by atoms with Crippen LogP contribution in [0.2, 0.25) is 0 Å². The van der Waals surface area contributed by atoms with Crippen LogP contribution in [0.4, 0.5) is 0 Å². The van der Waals surface area contributed by atoms with Crippen LogP contribution in [0.3, 0.4) is 0 Å². The maximum Gasteiger partial charge on any atom is 0.186 e. The Labute approximate surface area is 122 Å². The van der Waals surface area contributed by atoms with Crippen LogP contribution < -0.4 is 5.73 Å². The van der Waals surface area contributed by atoms with Crippen molar-refractivity contribution in [1.82, 2.24) is 0 Å². The van der Waals surface area contributed by atoms with Gasteiger partial charge in [-0.2, -0.15) is 12.6 Å². The topological polar surface area (TPSA) is 146 Å². The quantitative estimate of drug-likeness (QED) is 0.254. The molecule has 7 N–H and O–H groups in total. The van der Waals surface area contributed by atoms with Crippen molar-refractivity contribution >= 4 is 12.6 Å². The maximum atomic E-state index is 9.74. The van der Waals surface area contributed by atoms with Gasteiger partial charge in [0.25, 0.3) is 0 Å². The van der Waals surface area contributed by atoms with E-state index in [9.17, 15) is 25.5 Å². The van der Waals surface area contributed by atoms with Crippen LogP contribution in [-0.4, -0.2) is 86.8 Å². The first-order chi connectivity index (χ1) is 9.29. The molecule has 0 radical (unpaired) electrons. The van der Waals surface area contributed by atoms with Gasteiger partial charge in [0.05, 0.1) is 31.0 Å². The van der Waals surface area contributed by atoms with Gasteiger partial charge >= 0.3 is 0 Å². The summed E-state index contributed by atoms with van der Waals surface area (Å²) in [5, 5.41) is 47.7. The molecule has 1 aliphatic rings. The summed E-state index contributed by atoms with van der Waals surface area (Å²) in [6.07, 6.45) is -8.34. The fourth-order valence-corrected chi connectivity index (χ4v) is 2.17. The van der Waals surface area contributed by atoms with E-state index < -0.39 is 49.0 Å². The molecule has 8 atom stereocenters. The minimum atomic E-state index is -1.45. The van der Waals surface area contributed by atoms with Gasteiger partial charge < -0.3 is 40.7 Å². The summed E-state index contributed by atoms with van der Waals surface area (Å²) in [7, 11) is 0. The molecule has 0 aromatic heterocycles. The molecule has 9 heteroatoms. The molecule has 0 spiro atoms. The van der Waals surface area contributed by atoms with Crippen LogP contribution in [0.15, 0.2) is 0 Å². The Kier molecular flexibility index (Phi) is 7.12. The summed E-state index contributed by atoms with van der Waals surface area (Å²) in [5.41, 5.74) is 5.61. The summed E-state index contributed by atoms with van der Waals surface area (Å²) in [6, 6.07) is -0.885. The minimum Gasteiger partial charge on any atom is -0.391 e. The van der Waals surface area contributed by atoms with E-state index in [1.54, 1.807) is 0 Å². The summed E-state index contributed by atoms with van der Waals surface area (Å²) < 4.78 is 10.5. The zero-order chi connectivity index (χ0) is 15.4. The molecular weight excluding hydrogens is 290 g/mol. The van der Waals surface area contributed by atoms with E-state index in [1.165, 1.54) is 6.92 Å². The molecule has 1 saturated heterocycles. The van der Waals surface area contributed by atoms with Crippen molar-refractivity contribution < 1.29 is 35.0 Å². The summed E-state index contributed by atoms with van der Waals surface area (Å²) in [5.74, 6) is 0.132. The molecule has 1 fully saturated rings. The van der Waals surface area contributed by atoms with Gasteiger partial charge in [-0.1, -0.05) is 0 Å². The lowest BCUT2D eigenvalue weighted by Crippen LogP contribution is -2.59. The van der Waals surface area contributed by atoms with Crippen molar-refractivity contribution in [2.45, 2.75) is 55.9 Å². The Morgan fingerprint density at radius 1 is 1.20 bits per heavy atom. The molecule has 1 heterocycles. The van der Waals surface area contributed by atoms with E-state index in [4.69, 9.17) is 15.2 Å². The van der Waals surface area contributed by atoms with Gasteiger partial charge in [0, 0.05) is 5.75 Å². The number of thiol groups is 1. The van der Waals surface area contributed by atoms with Crippen molar-refractivity contribution in [2.75, 3.05) is 12.4 Å². The monoisotopic (exact) mass is 313 g/mol. The summed E-state index contributed by atoms with van der Waals surface area (Å²) in [6.45, 7) is 1.18. The molecule has 0 saturated carbocycles. The molecule has 8 unspecified atom stereocenters. The fourth-order valence-electron chi connectivity index (χ4n) is 1.87. The average molecular weight is 313 g/mol. The molecule has 0 aromatic carbocycles. The van der Waals surface area contributed by atoms with Crippen LogP contribution >= 0.6 is 12.6 Å². The molecule has 8 nitrogen and oxygen atoms in total. The zero-order valence-corrected chi connectivity index (χ0v) is 12.0.